The second kappa shape index (κ2) is 10.00. The Balaban J connectivity index is 0.00000208. The van der Waals surface area contributed by atoms with Crippen LogP contribution in [0.5, 0.6) is 0 Å². The van der Waals surface area contributed by atoms with Crippen LogP contribution >= 0.6 is 35.3 Å². The minimum Gasteiger partial charge on any atom is -0.364 e. The summed E-state index contributed by atoms with van der Waals surface area (Å²) in [6.45, 7) is 8.59. The molecule has 1 aliphatic heterocycles. The molecule has 0 spiro atoms. The number of piperazine rings is 1. The standard InChI is InChI=1S/C16H23N5OS.HI/c1-2-17-16(18-12-15-4-3-11-23-15)21-8-6-20(7-9-21)13-14-5-10-22-19-14;/h3-5,10-11H,2,6-9,12-13H2,1H3,(H,17,18);1H. The van der Waals surface area contributed by atoms with Gasteiger partial charge in [0.25, 0.3) is 0 Å². The van der Waals surface area contributed by atoms with Gasteiger partial charge in [-0.1, -0.05) is 11.2 Å². The molecule has 8 heteroatoms. The highest BCUT2D eigenvalue weighted by molar-refractivity contribution is 14.0. The fourth-order valence-corrected chi connectivity index (χ4v) is 3.28. The fourth-order valence-electron chi connectivity index (χ4n) is 2.65. The quantitative estimate of drug-likeness (QED) is 0.422. The lowest BCUT2D eigenvalue weighted by atomic mass is 10.3. The van der Waals surface area contributed by atoms with E-state index in [-0.39, 0.29) is 24.0 Å². The maximum Gasteiger partial charge on any atom is 0.194 e. The van der Waals surface area contributed by atoms with Gasteiger partial charge < -0.3 is 14.7 Å². The normalized spacial score (nSPS) is 16.0. The largest absolute Gasteiger partial charge is 0.364 e. The molecular weight excluding hydrogens is 437 g/mol. The van der Waals surface area contributed by atoms with Crippen LogP contribution in [0.3, 0.4) is 0 Å². The Bertz CT molecular complexity index is 594. The zero-order chi connectivity index (χ0) is 15.9. The first-order valence-electron chi connectivity index (χ1n) is 8.02. The molecule has 0 bridgehead atoms. The molecule has 0 unspecified atom stereocenters. The number of nitrogens with zero attached hydrogens (tertiary/aromatic N) is 4. The third-order valence-electron chi connectivity index (χ3n) is 3.85. The number of hydrogen-bond acceptors (Lipinski definition) is 5. The molecule has 1 saturated heterocycles. The van der Waals surface area contributed by atoms with E-state index in [9.17, 15) is 0 Å². The minimum atomic E-state index is 0. The summed E-state index contributed by atoms with van der Waals surface area (Å²) >= 11 is 1.75. The lowest BCUT2D eigenvalue weighted by Gasteiger charge is -2.36. The van der Waals surface area contributed by atoms with Crippen LogP contribution in [0.25, 0.3) is 0 Å². The van der Waals surface area contributed by atoms with E-state index in [4.69, 9.17) is 9.52 Å². The smallest absolute Gasteiger partial charge is 0.194 e. The zero-order valence-electron chi connectivity index (χ0n) is 13.9. The minimum absolute atomic E-state index is 0. The first-order valence-corrected chi connectivity index (χ1v) is 8.90. The molecule has 24 heavy (non-hydrogen) atoms. The topological polar surface area (TPSA) is 56.9 Å². The van der Waals surface area contributed by atoms with Crippen LogP contribution in [-0.2, 0) is 13.1 Å². The first-order chi connectivity index (χ1) is 11.3. The highest BCUT2D eigenvalue weighted by Crippen LogP contribution is 2.11. The molecule has 0 atom stereocenters. The van der Waals surface area contributed by atoms with Crippen molar-refractivity contribution in [1.29, 1.82) is 0 Å². The summed E-state index contributed by atoms with van der Waals surface area (Å²) in [4.78, 5) is 10.8. The highest BCUT2D eigenvalue weighted by Gasteiger charge is 2.20. The van der Waals surface area contributed by atoms with Crippen LogP contribution in [0.2, 0.25) is 0 Å². The van der Waals surface area contributed by atoms with Crippen LogP contribution in [0.15, 0.2) is 39.4 Å². The van der Waals surface area contributed by atoms with Gasteiger partial charge in [0.05, 0.1) is 12.2 Å². The van der Waals surface area contributed by atoms with Gasteiger partial charge >= 0.3 is 0 Å². The summed E-state index contributed by atoms with van der Waals surface area (Å²) in [6.07, 6.45) is 1.63. The third kappa shape index (κ3) is 5.45. The van der Waals surface area contributed by atoms with Crippen molar-refractivity contribution >= 4 is 41.3 Å². The number of rotatable bonds is 5. The summed E-state index contributed by atoms with van der Waals surface area (Å²) in [5.74, 6) is 1.02. The maximum atomic E-state index is 4.90. The molecule has 2 aromatic rings. The molecule has 132 valence electrons. The second-order valence-electron chi connectivity index (χ2n) is 5.50. The molecule has 1 N–H and O–H groups in total. The molecule has 6 nitrogen and oxygen atoms in total. The van der Waals surface area contributed by atoms with Crippen molar-refractivity contribution in [3.8, 4) is 0 Å². The molecule has 3 rings (SSSR count). The molecular formula is C16H24IN5OS. The SMILES string of the molecule is CCNC(=NCc1cccs1)N1CCN(Cc2ccon2)CC1.I. The third-order valence-corrected chi connectivity index (χ3v) is 4.71. The van der Waals surface area contributed by atoms with Gasteiger partial charge in [-0.15, -0.1) is 35.3 Å². The monoisotopic (exact) mass is 461 g/mol. The van der Waals surface area contributed by atoms with Crippen molar-refractivity contribution in [3.05, 3.63) is 40.4 Å². The molecule has 2 aromatic heterocycles. The molecule has 0 amide bonds. The van der Waals surface area contributed by atoms with Gasteiger partial charge in [-0.25, -0.2) is 4.99 Å². The lowest BCUT2D eigenvalue weighted by molar-refractivity contribution is 0.169. The Morgan fingerprint density at radius 2 is 2.17 bits per heavy atom. The molecule has 1 fully saturated rings. The van der Waals surface area contributed by atoms with Crippen LogP contribution in [0.1, 0.15) is 17.5 Å². The summed E-state index contributed by atoms with van der Waals surface area (Å²) < 4.78 is 4.90. The summed E-state index contributed by atoms with van der Waals surface area (Å²) in [5, 5.41) is 9.49. The lowest BCUT2D eigenvalue weighted by Crippen LogP contribution is -2.52. The van der Waals surface area contributed by atoms with E-state index in [1.54, 1.807) is 17.6 Å². The predicted molar refractivity (Wildman–Crippen MR) is 108 cm³/mol. The van der Waals surface area contributed by atoms with E-state index in [0.717, 1.165) is 57.5 Å². The van der Waals surface area contributed by atoms with Gasteiger partial charge in [0.15, 0.2) is 5.96 Å². The van der Waals surface area contributed by atoms with Crippen LogP contribution in [0, 0.1) is 0 Å². The number of halogens is 1. The van der Waals surface area contributed by atoms with Gasteiger partial charge in [-0.2, -0.15) is 0 Å². The van der Waals surface area contributed by atoms with Crippen LogP contribution in [0.4, 0.5) is 0 Å². The van der Waals surface area contributed by atoms with Gasteiger partial charge in [0.2, 0.25) is 0 Å². The molecule has 1 aliphatic rings. The Kier molecular flexibility index (Phi) is 8.00. The molecule has 0 aliphatic carbocycles. The number of aliphatic imine (C=N–C) groups is 1. The van der Waals surface area contributed by atoms with E-state index in [1.807, 2.05) is 6.07 Å². The maximum absolute atomic E-state index is 4.90. The zero-order valence-corrected chi connectivity index (χ0v) is 17.0. The molecule has 0 radical (unpaired) electrons. The van der Waals surface area contributed by atoms with Gasteiger partial charge in [-0.05, 0) is 18.4 Å². The van der Waals surface area contributed by atoms with Crippen molar-refractivity contribution in [2.24, 2.45) is 4.99 Å². The predicted octanol–water partition coefficient (Wildman–Crippen LogP) is 2.64. The van der Waals surface area contributed by atoms with E-state index in [0.29, 0.717) is 0 Å². The highest BCUT2D eigenvalue weighted by atomic mass is 127. The molecule has 0 saturated carbocycles. The summed E-state index contributed by atoms with van der Waals surface area (Å²) in [5.41, 5.74) is 0.997. The first kappa shape index (κ1) is 19.2. The summed E-state index contributed by atoms with van der Waals surface area (Å²) in [6, 6.07) is 6.14. The van der Waals surface area contributed by atoms with Crippen LogP contribution in [-0.4, -0.2) is 53.6 Å². The van der Waals surface area contributed by atoms with Gasteiger partial charge in [0.1, 0.15) is 6.26 Å². The van der Waals surface area contributed by atoms with Crippen molar-refractivity contribution in [1.82, 2.24) is 20.3 Å². The van der Waals surface area contributed by atoms with E-state index >= 15 is 0 Å². The van der Waals surface area contributed by atoms with Crippen LogP contribution < -0.4 is 5.32 Å². The van der Waals surface area contributed by atoms with Crippen molar-refractivity contribution in [2.75, 3.05) is 32.7 Å². The second-order valence-corrected chi connectivity index (χ2v) is 6.54. The Morgan fingerprint density at radius 3 is 2.79 bits per heavy atom. The average Bonchev–Trinajstić information content (AvgIpc) is 3.26. The molecule has 3 heterocycles. The number of nitrogens with one attached hydrogen (secondary N) is 1. The van der Waals surface area contributed by atoms with Gasteiger partial charge in [0, 0.05) is 50.2 Å². The van der Waals surface area contributed by atoms with E-state index in [1.165, 1.54) is 4.88 Å². The Hall–Kier alpha value is -1.13. The van der Waals surface area contributed by atoms with E-state index in [2.05, 4.69) is 44.7 Å². The molecule has 0 aromatic carbocycles. The number of thiophene rings is 1. The number of aromatic nitrogens is 1. The number of hydrogen-bond donors (Lipinski definition) is 1. The van der Waals surface area contributed by atoms with E-state index < -0.39 is 0 Å². The van der Waals surface area contributed by atoms with Crippen molar-refractivity contribution < 1.29 is 4.52 Å². The van der Waals surface area contributed by atoms with Crippen molar-refractivity contribution in [3.63, 3.8) is 0 Å². The Morgan fingerprint density at radius 1 is 1.33 bits per heavy atom. The van der Waals surface area contributed by atoms with Crippen molar-refractivity contribution in [2.45, 2.75) is 20.0 Å². The number of guanidine groups is 1. The Labute approximate surface area is 163 Å². The fraction of sp³-hybridized carbons (Fsp3) is 0.500. The van der Waals surface area contributed by atoms with Gasteiger partial charge in [-0.3, -0.25) is 4.90 Å². The average molecular weight is 461 g/mol. The summed E-state index contributed by atoms with van der Waals surface area (Å²) in [7, 11) is 0.